The van der Waals surface area contributed by atoms with Crippen LogP contribution in [-0.2, 0) is 4.79 Å². The average Bonchev–Trinajstić information content (AvgIpc) is 2.90. The van der Waals surface area contributed by atoms with Crippen molar-refractivity contribution in [1.29, 1.82) is 0 Å². The van der Waals surface area contributed by atoms with Crippen molar-refractivity contribution in [3.63, 3.8) is 0 Å². The molecule has 27 heavy (non-hydrogen) atoms. The van der Waals surface area contributed by atoms with E-state index in [4.69, 9.17) is 0 Å². The molecule has 0 N–H and O–H groups in total. The molecule has 2 nitrogen and oxygen atoms in total. The number of rotatable bonds is 4. The van der Waals surface area contributed by atoms with Crippen molar-refractivity contribution in [3.05, 3.63) is 0 Å². The molecule has 0 spiro atoms. The summed E-state index contributed by atoms with van der Waals surface area (Å²) in [7, 11) is 2.08. The number of carbonyl (C=O) groups excluding carboxylic acids is 1. The van der Waals surface area contributed by atoms with Gasteiger partial charge in [0.25, 0.3) is 0 Å². The Kier molecular flexibility index (Phi) is 5.17. The molecule has 2 heteroatoms. The molecule has 3 saturated carbocycles. The van der Waals surface area contributed by atoms with E-state index in [2.05, 4.69) is 39.6 Å². The highest BCUT2D eigenvalue weighted by molar-refractivity contribution is 5.77. The molecule has 4 aliphatic rings. The molecule has 0 aromatic heterocycles. The van der Waals surface area contributed by atoms with Crippen molar-refractivity contribution >= 4 is 5.91 Å². The third-order valence-electron chi connectivity index (χ3n) is 10.3. The zero-order valence-corrected chi connectivity index (χ0v) is 18.6. The number of amides is 1. The molecule has 8 atom stereocenters. The maximum absolute atomic E-state index is 12.3. The minimum absolute atomic E-state index is 0.371. The van der Waals surface area contributed by atoms with Gasteiger partial charge in [0.1, 0.15) is 0 Å². The van der Waals surface area contributed by atoms with E-state index in [1.54, 1.807) is 0 Å². The molecule has 0 bridgehead atoms. The largest absolute Gasteiger partial charge is 0.342 e. The van der Waals surface area contributed by atoms with Crippen LogP contribution in [0.1, 0.15) is 98.3 Å². The first kappa shape index (κ1) is 19.8. The molecule has 0 aromatic carbocycles. The first-order chi connectivity index (χ1) is 12.8. The molecule has 0 radical (unpaired) electrons. The van der Waals surface area contributed by atoms with E-state index in [0.717, 1.165) is 42.4 Å². The third kappa shape index (κ3) is 2.91. The van der Waals surface area contributed by atoms with Crippen LogP contribution in [0.25, 0.3) is 0 Å². The van der Waals surface area contributed by atoms with Gasteiger partial charge in [-0.1, -0.05) is 47.0 Å². The summed E-state index contributed by atoms with van der Waals surface area (Å²) in [5.41, 5.74) is 0.963. The number of hydrogen-bond acceptors (Lipinski definition) is 1. The molecular weight excluding hydrogens is 330 g/mol. The van der Waals surface area contributed by atoms with Crippen molar-refractivity contribution in [2.45, 2.75) is 104 Å². The molecule has 1 saturated heterocycles. The lowest BCUT2D eigenvalue weighted by atomic mass is 9.46. The quantitative estimate of drug-likeness (QED) is 0.530. The first-order valence-corrected chi connectivity index (χ1v) is 12.1. The van der Waals surface area contributed by atoms with Crippen LogP contribution < -0.4 is 0 Å². The minimum atomic E-state index is 0.371. The number of nitrogens with zero attached hydrogens (tertiary/aromatic N) is 1. The van der Waals surface area contributed by atoms with Gasteiger partial charge in [-0.05, 0) is 85.4 Å². The van der Waals surface area contributed by atoms with Crippen molar-refractivity contribution in [1.82, 2.24) is 4.90 Å². The fraction of sp³-hybridized carbons (Fsp3) is 0.960. The maximum Gasteiger partial charge on any atom is 0.222 e. The Hall–Kier alpha value is -0.530. The second-order valence-electron chi connectivity index (χ2n) is 11.3. The zero-order valence-electron chi connectivity index (χ0n) is 18.6. The lowest BCUT2D eigenvalue weighted by Gasteiger charge is -2.62. The van der Waals surface area contributed by atoms with Gasteiger partial charge in [0, 0.05) is 19.5 Å². The number of fused-ring (bicyclic) bond motifs is 5. The Bertz CT molecular complexity index is 573. The summed E-state index contributed by atoms with van der Waals surface area (Å²) < 4.78 is 0. The standard InChI is InChI=1S/C25H43NO/c1-6-7-8-9-19-17(2)16-21-18-10-11-22-25(4,15-13-23(27)26(22)5)20(18)12-14-24(19,21)3/h17-22H,6-16H2,1-5H3/t17?,18-,19+,20+,21+,22-,24-,25-/m1/s1. The van der Waals surface area contributed by atoms with Crippen LogP contribution in [0.15, 0.2) is 0 Å². The fourth-order valence-corrected chi connectivity index (χ4v) is 8.85. The van der Waals surface area contributed by atoms with Crippen molar-refractivity contribution in [3.8, 4) is 0 Å². The Morgan fingerprint density at radius 1 is 1.04 bits per heavy atom. The molecule has 1 unspecified atom stereocenters. The lowest BCUT2D eigenvalue weighted by molar-refractivity contribution is -0.158. The van der Waals surface area contributed by atoms with Crippen LogP contribution in [0.3, 0.4) is 0 Å². The summed E-state index contributed by atoms with van der Waals surface area (Å²) in [4.78, 5) is 14.5. The average molecular weight is 374 g/mol. The second kappa shape index (κ2) is 7.06. The summed E-state index contributed by atoms with van der Waals surface area (Å²) in [6.07, 6.45) is 14.6. The van der Waals surface area contributed by atoms with Crippen LogP contribution in [0.4, 0.5) is 0 Å². The van der Waals surface area contributed by atoms with E-state index in [1.807, 2.05) is 0 Å². The van der Waals surface area contributed by atoms with Crippen LogP contribution in [0.5, 0.6) is 0 Å². The third-order valence-corrected chi connectivity index (χ3v) is 10.3. The molecule has 0 aromatic rings. The van der Waals surface area contributed by atoms with Crippen molar-refractivity contribution < 1.29 is 4.79 Å². The molecule has 1 amide bonds. The lowest BCUT2D eigenvalue weighted by Crippen LogP contribution is -2.61. The second-order valence-corrected chi connectivity index (χ2v) is 11.3. The SMILES string of the molecule is CCCCC[C@H]1C(C)C[C@H]2[C@@H]3CC[C@H]4N(C)C(=O)CC[C@]4(C)[C@H]3CC[C@]12C. The van der Waals surface area contributed by atoms with Gasteiger partial charge < -0.3 is 4.90 Å². The van der Waals surface area contributed by atoms with E-state index in [9.17, 15) is 4.79 Å². The van der Waals surface area contributed by atoms with Crippen molar-refractivity contribution in [2.24, 2.45) is 40.4 Å². The number of hydrogen-bond donors (Lipinski definition) is 0. The molecule has 3 aliphatic carbocycles. The Morgan fingerprint density at radius 2 is 1.81 bits per heavy atom. The van der Waals surface area contributed by atoms with E-state index in [0.29, 0.717) is 22.8 Å². The Labute approximate surface area is 167 Å². The van der Waals surface area contributed by atoms with Crippen LogP contribution >= 0.6 is 0 Å². The van der Waals surface area contributed by atoms with Gasteiger partial charge in [-0.25, -0.2) is 0 Å². The topological polar surface area (TPSA) is 20.3 Å². The summed E-state index contributed by atoms with van der Waals surface area (Å²) in [5, 5.41) is 0. The highest BCUT2D eigenvalue weighted by Gasteiger charge is 2.62. The Morgan fingerprint density at radius 3 is 2.56 bits per heavy atom. The molecule has 1 aliphatic heterocycles. The first-order valence-electron chi connectivity index (χ1n) is 12.1. The van der Waals surface area contributed by atoms with Gasteiger partial charge in [0.2, 0.25) is 5.91 Å². The normalized spacial score (nSPS) is 49.5. The van der Waals surface area contributed by atoms with Gasteiger partial charge in [0.15, 0.2) is 0 Å². The van der Waals surface area contributed by atoms with E-state index >= 15 is 0 Å². The zero-order chi connectivity index (χ0) is 19.4. The summed E-state index contributed by atoms with van der Waals surface area (Å²) in [5.74, 6) is 4.98. The van der Waals surface area contributed by atoms with Crippen LogP contribution in [0, 0.1) is 40.4 Å². The monoisotopic (exact) mass is 373 g/mol. The number of likely N-dealkylation sites (tertiary alicyclic amines) is 1. The summed E-state index contributed by atoms with van der Waals surface area (Å²) >= 11 is 0. The molecular formula is C25H43NO. The van der Waals surface area contributed by atoms with Gasteiger partial charge in [-0.3, -0.25) is 4.79 Å². The van der Waals surface area contributed by atoms with E-state index in [1.165, 1.54) is 57.8 Å². The number of unbranched alkanes of at least 4 members (excludes halogenated alkanes) is 2. The van der Waals surface area contributed by atoms with Gasteiger partial charge in [-0.2, -0.15) is 0 Å². The molecule has 4 fully saturated rings. The predicted molar refractivity (Wildman–Crippen MR) is 112 cm³/mol. The highest BCUT2D eigenvalue weighted by Crippen LogP contribution is 2.67. The maximum atomic E-state index is 12.3. The smallest absolute Gasteiger partial charge is 0.222 e. The van der Waals surface area contributed by atoms with E-state index < -0.39 is 0 Å². The summed E-state index contributed by atoms with van der Waals surface area (Å²) in [6, 6.07) is 0.503. The fourth-order valence-electron chi connectivity index (χ4n) is 8.85. The van der Waals surface area contributed by atoms with Gasteiger partial charge >= 0.3 is 0 Å². The number of carbonyl (C=O) groups is 1. The summed E-state index contributed by atoms with van der Waals surface area (Å²) in [6.45, 7) is 10.1. The van der Waals surface area contributed by atoms with Gasteiger partial charge in [-0.15, -0.1) is 0 Å². The molecule has 154 valence electrons. The number of piperidine rings is 1. The highest BCUT2D eigenvalue weighted by atomic mass is 16.2. The van der Waals surface area contributed by atoms with Crippen molar-refractivity contribution in [2.75, 3.05) is 7.05 Å². The molecule has 1 heterocycles. The molecule has 4 rings (SSSR count). The van der Waals surface area contributed by atoms with Crippen LogP contribution in [0.2, 0.25) is 0 Å². The van der Waals surface area contributed by atoms with Gasteiger partial charge in [0.05, 0.1) is 0 Å². The van der Waals surface area contributed by atoms with Crippen LogP contribution in [-0.4, -0.2) is 23.9 Å². The Balaban J connectivity index is 1.56. The minimum Gasteiger partial charge on any atom is -0.342 e. The van der Waals surface area contributed by atoms with E-state index in [-0.39, 0.29) is 0 Å². The predicted octanol–water partition coefficient (Wildman–Crippen LogP) is 6.29.